The summed E-state index contributed by atoms with van der Waals surface area (Å²) in [5.74, 6) is -0.663. The Morgan fingerprint density at radius 3 is 1.40 bits per heavy atom. The first-order valence-electron chi connectivity index (χ1n) is 17.7. The maximum absolute atomic E-state index is 12.5. The fraction of sp³-hybridized carbons (Fsp3) is 0.889. The Balaban J connectivity index is 3.76. The van der Waals surface area contributed by atoms with Crippen LogP contribution in [0.15, 0.2) is 12.2 Å². The van der Waals surface area contributed by atoms with Crippen LogP contribution in [0.1, 0.15) is 200 Å². The zero-order valence-corrected chi connectivity index (χ0v) is 26.9. The first-order valence-corrected chi connectivity index (χ1v) is 17.7. The van der Waals surface area contributed by atoms with E-state index in [4.69, 9.17) is 9.84 Å². The van der Waals surface area contributed by atoms with E-state index in [1.165, 1.54) is 116 Å². The lowest BCUT2D eigenvalue weighted by molar-refractivity contribution is -0.150. The topological polar surface area (TPSA) is 63.6 Å². The van der Waals surface area contributed by atoms with Gasteiger partial charge in [-0.15, -0.1) is 0 Å². The third-order valence-corrected chi connectivity index (χ3v) is 7.99. The van der Waals surface area contributed by atoms with Gasteiger partial charge in [0.15, 0.2) is 0 Å². The first-order chi connectivity index (χ1) is 19.6. The van der Waals surface area contributed by atoms with Gasteiger partial charge < -0.3 is 9.84 Å². The van der Waals surface area contributed by atoms with Crippen molar-refractivity contribution in [3.05, 3.63) is 12.2 Å². The monoisotopic (exact) mass is 565 g/mol. The molecular weight excluding hydrogens is 496 g/mol. The van der Waals surface area contributed by atoms with Gasteiger partial charge in [-0.3, -0.25) is 9.59 Å². The molecule has 0 aromatic carbocycles. The molecule has 0 fully saturated rings. The maximum atomic E-state index is 12.5. The smallest absolute Gasteiger partial charge is 0.306 e. The van der Waals surface area contributed by atoms with Gasteiger partial charge in [-0.25, -0.2) is 0 Å². The van der Waals surface area contributed by atoms with Crippen molar-refractivity contribution in [3.63, 3.8) is 0 Å². The summed E-state index contributed by atoms with van der Waals surface area (Å²) in [5, 5.41) is 8.68. The third-order valence-electron chi connectivity index (χ3n) is 7.99. The van der Waals surface area contributed by atoms with Crippen LogP contribution in [-0.4, -0.2) is 23.1 Å². The molecule has 4 heteroatoms. The van der Waals surface area contributed by atoms with E-state index < -0.39 is 5.97 Å². The number of hydrogen-bond donors (Lipinski definition) is 1. The summed E-state index contributed by atoms with van der Waals surface area (Å²) in [6.07, 6.45) is 38.2. The number of aliphatic carboxylic acids is 1. The molecule has 0 aliphatic heterocycles. The minimum atomic E-state index is -0.679. The number of esters is 1. The lowest BCUT2D eigenvalue weighted by Gasteiger charge is -2.18. The van der Waals surface area contributed by atoms with Crippen LogP contribution in [0, 0.1) is 0 Å². The van der Waals surface area contributed by atoms with Crippen molar-refractivity contribution < 1.29 is 19.4 Å². The van der Waals surface area contributed by atoms with E-state index in [-0.39, 0.29) is 12.1 Å². The molecular formula is C36H68O4. The predicted octanol–water partition coefficient (Wildman–Crippen LogP) is 11.9. The molecule has 0 rings (SSSR count). The molecule has 40 heavy (non-hydrogen) atoms. The highest BCUT2D eigenvalue weighted by atomic mass is 16.5. The summed E-state index contributed by atoms with van der Waals surface area (Å²) < 4.78 is 5.93. The molecule has 0 aliphatic rings. The van der Waals surface area contributed by atoms with Crippen LogP contribution in [0.4, 0.5) is 0 Å². The summed E-state index contributed by atoms with van der Waals surface area (Å²) >= 11 is 0. The van der Waals surface area contributed by atoms with Crippen molar-refractivity contribution in [2.75, 3.05) is 0 Å². The molecule has 4 nitrogen and oxygen atoms in total. The quantitative estimate of drug-likeness (QED) is 0.0501. The number of rotatable bonds is 32. The fourth-order valence-corrected chi connectivity index (χ4v) is 5.35. The zero-order chi connectivity index (χ0) is 29.4. The van der Waals surface area contributed by atoms with Gasteiger partial charge in [-0.1, -0.05) is 135 Å². The Labute approximate surface area is 249 Å². The first kappa shape index (κ1) is 38.7. The van der Waals surface area contributed by atoms with E-state index in [9.17, 15) is 9.59 Å². The summed E-state index contributed by atoms with van der Waals surface area (Å²) in [7, 11) is 0. The molecule has 0 radical (unpaired) electrons. The number of carbonyl (C=O) groups excluding carboxylic acids is 1. The average molecular weight is 565 g/mol. The summed E-state index contributed by atoms with van der Waals surface area (Å²) in [5.41, 5.74) is 0. The molecule has 0 unspecified atom stereocenters. The maximum Gasteiger partial charge on any atom is 0.306 e. The van der Waals surface area contributed by atoms with E-state index in [0.29, 0.717) is 12.8 Å². The van der Waals surface area contributed by atoms with E-state index in [0.717, 1.165) is 57.8 Å². The second-order valence-corrected chi connectivity index (χ2v) is 12.1. The molecule has 0 saturated heterocycles. The molecule has 0 spiro atoms. The van der Waals surface area contributed by atoms with Crippen LogP contribution in [-0.2, 0) is 14.3 Å². The number of allylic oxidation sites excluding steroid dienone is 2. The Morgan fingerprint density at radius 2 is 0.900 bits per heavy atom. The predicted molar refractivity (Wildman–Crippen MR) is 172 cm³/mol. The average Bonchev–Trinajstić information content (AvgIpc) is 2.93. The number of carboxylic acid groups (broad SMARTS) is 1. The molecule has 1 N–H and O–H groups in total. The lowest BCUT2D eigenvalue weighted by atomic mass is 10.0. The van der Waals surface area contributed by atoms with Gasteiger partial charge >= 0.3 is 11.9 Å². The van der Waals surface area contributed by atoms with Crippen molar-refractivity contribution in [2.45, 2.75) is 206 Å². The van der Waals surface area contributed by atoms with Crippen molar-refractivity contribution in [3.8, 4) is 0 Å². The van der Waals surface area contributed by atoms with E-state index in [2.05, 4.69) is 26.0 Å². The van der Waals surface area contributed by atoms with Crippen LogP contribution < -0.4 is 0 Å². The second kappa shape index (κ2) is 32.2. The Morgan fingerprint density at radius 1 is 0.525 bits per heavy atom. The second-order valence-electron chi connectivity index (χ2n) is 12.1. The van der Waals surface area contributed by atoms with Crippen LogP contribution in [0.3, 0.4) is 0 Å². The standard InChI is InChI=1S/C36H68O4/c1-3-5-7-8-9-10-11-12-13-14-15-19-22-25-29-33-36(39)40-34(30-26-6-4-2)31-27-23-20-17-16-18-21-24-28-32-35(37)38/h12-13,34H,3-11,14-33H2,1-2H3,(H,37,38)/b13-12-/t34-/m1/s1. The van der Waals surface area contributed by atoms with Crippen LogP contribution in [0.2, 0.25) is 0 Å². The highest BCUT2D eigenvalue weighted by molar-refractivity contribution is 5.69. The number of carbonyl (C=O) groups is 2. The molecule has 0 aliphatic carbocycles. The van der Waals surface area contributed by atoms with Gasteiger partial charge in [-0.2, -0.15) is 0 Å². The van der Waals surface area contributed by atoms with Gasteiger partial charge in [0, 0.05) is 12.8 Å². The summed E-state index contributed by atoms with van der Waals surface area (Å²) in [6.45, 7) is 4.49. The summed E-state index contributed by atoms with van der Waals surface area (Å²) in [4.78, 5) is 23.0. The van der Waals surface area contributed by atoms with Crippen molar-refractivity contribution >= 4 is 11.9 Å². The molecule has 236 valence electrons. The number of unbranched alkanes of at least 4 members (excludes halogenated alkanes) is 21. The van der Waals surface area contributed by atoms with Crippen LogP contribution >= 0.6 is 0 Å². The van der Waals surface area contributed by atoms with Gasteiger partial charge in [0.05, 0.1) is 0 Å². The van der Waals surface area contributed by atoms with Gasteiger partial charge in [-0.05, 0) is 64.2 Å². The minimum Gasteiger partial charge on any atom is -0.481 e. The third kappa shape index (κ3) is 31.2. The van der Waals surface area contributed by atoms with Crippen LogP contribution in [0.25, 0.3) is 0 Å². The normalized spacial score (nSPS) is 12.2. The molecule has 0 heterocycles. The Bertz CT molecular complexity index is 571. The molecule has 0 aromatic rings. The lowest BCUT2D eigenvalue weighted by Crippen LogP contribution is -2.18. The van der Waals surface area contributed by atoms with Crippen LogP contribution in [0.5, 0.6) is 0 Å². The highest BCUT2D eigenvalue weighted by Crippen LogP contribution is 2.18. The zero-order valence-electron chi connectivity index (χ0n) is 26.9. The van der Waals surface area contributed by atoms with E-state index in [1.54, 1.807) is 0 Å². The highest BCUT2D eigenvalue weighted by Gasteiger charge is 2.14. The van der Waals surface area contributed by atoms with Crippen molar-refractivity contribution in [1.29, 1.82) is 0 Å². The van der Waals surface area contributed by atoms with Gasteiger partial charge in [0.1, 0.15) is 6.10 Å². The molecule has 0 aromatic heterocycles. The molecule has 0 amide bonds. The Kier molecular flexibility index (Phi) is 31.1. The number of ether oxygens (including phenoxy) is 1. The fourth-order valence-electron chi connectivity index (χ4n) is 5.35. The van der Waals surface area contributed by atoms with Gasteiger partial charge in [0.25, 0.3) is 0 Å². The SMILES string of the molecule is CCCCCCCC/C=C\CCCCCCCC(=O)O[C@H](CCCCC)CCCCCCCCCCCC(=O)O. The molecule has 0 bridgehead atoms. The van der Waals surface area contributed by atoms with Gasteiger partial charge in [0.2, 0.25) is 0 Å². The largest absolute Gasteiger partial charge is 0.481 e. The Hall–Kier alpha value is -1.32. The van der Waals surface area contributed by atoms with E-state index in [1.807, 2.05) is 0 Å². The van der Waals surface area contributed by atoms with Crippen molar-refractivity contribution in [1.82, 2.24) is 0 Å². The van der Waals surface area contributed by atoms with Crippen molar-refractivity contribution in [2.24, 2.45) is 0 Å². The molecule has 0 saturated carbocycles. The summed E-state index contributed by atoms with van der Waals surface area (Å²) in [6, 6.07) is 0. The molecule has 1 atom stereocenters. The van der Waals surface area contributed by atoms with E-state index >= 15 is 0 Å². The number of carboxylic acids is 1. The number of hydrogen-bond acceptors (Lipinski definition) is 3. The minimum absolute atomic E-state index is 0.0158.